The molecule has 0 aliphatic carbocycles. The standard InChI is InChI=1S/C19H18O7.C10H22O2/c1-3-23-17(20)13-9-5-7-11-15(13)25-19(22)26-16-12-8-6-10-14(16)18(21)24-4-2;11-9-7-5-3-1-2-4-6-8-10-12/h5-12H,3-4H2,1-2H3;11-12H,1-10H2. The van der Waals surface area contributed by atoms with Crippen molar-refractivity contribution in [2.75, 3.05) is 26.4 Å². The van der Waals surface area contributed by atoms with Gasteiger partial charge in [-0.15, -0.1) is 0 Å². The molecule has 0 amide bonds. The van der Waals surface area contributed by atoms with Crippen LogP contribution in [0.5, 0.6) is 11.5 Å². The summed E-state index contributed by atoms with van der Waals surface area (Å²) in [5.74, 6) is -1.26. The fourth-order valence-electron chi connectivity index (χ4n) is 3.35. The zero-order valence-corrected chi connectivity index (χ0v) is 22.4. The summed E-state index contributed by atoms with van der Waals surface area (Å²) >= 11 is 0. The minimum atomic E-state index is -1.10. The fourth-order valence-corrected chi connectivity index (χ4v) is 3.35. The second kappa shape index (κ2) is 20.6. The summed E-state index contributed by atoms with van der Waals surface area (Å²) in [6.45, 7) is 4.38. The summed E-state index contributed by atoms with van der Waals surface area (Å²) < 4.78 is 20.0. The van der Waals surface area contributed by atoms with Crippen LogP contribution in [0.1, 0.15) is 85.9 Å². The molecule has 0 aromatic heterocycles. The number of carbonyl (C=O) groups is 3. The topological polar surface area (TPSA) is 129 Å². The number of esters is 2. The molecule has 2 aromatic rings. The van der Waals surface area contributed by atoms with Crippen molar-refractivity contribution in [1.82, 2.24) is 0 Å². The van der Waals surface area contributed by atoms with E-state index in [-0.39, 0.29) is 35.8 Å². The smallest absolute Gasteiger partial charge is 0.462 e. The maximum absolute atomic E-state index is 12.1. The number of aliphatic hydroxyl groups is 2. The van der Waals surface area contributed by atoms with E-state index in [0.717, 1.165) is 25.7 Å². The third kappa shape index (κ3) is 13.2. The first-order valence-electron chi connectivity index (χ1n) is 13.1. The van der Waals surface area contributed by atoms with Gasteiger partial charge in [-0.2, -0.15) is 0 Å². The predicted molar refractivity (Wildman–Crippen MR) is 143 cm³/mol. The van der Waals surface area contributed by atoms with Gasteiger partial charge in [0.2, 0.25) is 0 Å². The van der Waals surface area contributed by atoms with E-state index in [1.165, 1.54) is 49.9 Å². The van der Waals surface area contributed by atoms with Crippen LogP contribution in [0, 0.1) is 0 Å². The van der Waals surface area contributed by atoms with Gasteiger partial charge < -0.3 is 29.2 Å². The van der Waals surface area contributed by atoms with Crippen molar-refractivity contribution in [3.63, 3.8) is 0 Å². The Bertz CT molecular complexity index is 883. The Labute approximate surface area is 224 Å². The third-order valence-corrected chi connectivity index (χ3v) is 5.22. The van der Waals surface area contributed by atoms with Gasteiger partial charge in [0, 0.05) is 13.2 Å². The molecule has 2 rings (SSSR count). The van der Waals surface area contributed by atoms with E-state index in [9.17, 15) is 14.4 Å². The molecule has 0 saturated carbocycles. The second-order valence-electron chi connectivity index (χ2n) is 8.16. The van der Waals surface area contributed by atoms with Crippen LogP contribution in [0.2, 0.25) is 0 Å². The molecule has 2 aromatic carbocycles. The summed E-state index contributed by atoms with van der Waals surface area (Å²) in [7, 11) is 0. The van der Waals surface area contributed by atoms with E-state index in [1.807, 2.05) is 0 Å². The van der Waals surface area contributed by atoms with E-state index in [4.69, 9.17) is 29.2 Å². The van der Waals surface area contributed by atoms with Gasteiger partial charge in [-0.1, -0.05) is 62.8 Å². The Kier molecular flexibility index (Phi) is 17.7. The molecule has 9 heteroatoms. The van der Waals surface area contributed by atoms with Crippen LogP contribution >= 0.6 is 0 Å². The van der Waals surface area contributed by atoms with Crippen LogP contribution in [0.15, 0.2) is 48.5 Å². The zero-order valence-electron chi connectivity index (χ0n) is 22.4. The fraction of sp³-hybridized carbons (Fsp3) is 0.483. The Morgan fingerprint density at radius 1 is 0.579 bits per heavy atom. The number of aliphatic hydroxyl groups excluding tert-OH is 2. The Morgan fingerprint density at radius 3 is 1.26 bits per heavy atom. The summed E-state index contributed by atoms with van der Waals surface area (Å²) in [6, 6.07) is 12.2. The lowest BCUT2D eigenvalue weighted by Gasteiger charge is -2.11. The Morgan fingerprint density at radius 2 is 0.921 bits per heavy atom. The lowest BCUT2D eigenvalue weighted by Crippen LogP contribution is -2.18. The van der Waals surface area contributed by atoms with Crippen molar-refractivity contribution in [2.45, 2.75) is 65.2 Å². The molecule has 9 nitrogen and oxygen atoms in total. The molecule has 0 radical (unpaired) electrons. The summed E-state index contributed by atoms with van der Waals surface area (Å²) in [5, 5.41) is 17.0. The molecule has 0 spiro atoms. The van der Waals surface area contributed by atoms with Crippen LogP contribution in [-0.4, -0.2) is 54.7 Å². The number of unbranched alkanes of at least 4 members (excludes halogenated alkanes) is 7. The first-order valence-corrected chi connectivity index (χ1v) is 13.1. The molecule has 0 aliphatic rings. The largest absolute Gasteiger partial charge is 0.519 e. The first-order chi connectivity index (χ1) is 18.5. The van der Waals surface area contributed by atoms with E-state index in [1.54, 1.807) is 38.1 Å². The molecule has 2 N–H and O–H groups in total. The molecule has 0 aliphatic heterocycles. The number of hydrogen-bond acceptors (Lipinski definition) is 9. The highest BCUT2D eigenvalue weighted by molar-refractivity contribution is 5.94. The van der Waals surface area contributed by atoms with Gasteiger partial charge in [0.25, 0.3) is 0 Å². The lowest BCUT2D eigenvalue weighted by molar-refractivity contribution is 0.0515. The van der Waals surface area contributed by atoms with Crippen molar-refractivity contribution >= 4 is 18.1 Å². The monoisotopic (exact) mass is 532 g/mol. The van der Waals surface area contributed by atoms with Crippen molar-refractivity contribution in [2.24, 2.45) is 0 Å². The van der Waals surface area contributed by atoms with Crippen molar-refractivity contribution < 1.29 is 43.5 Å². The quantitative estimate of drug-likeness (QED) is 0.168. The summed E-state index contributed by atoms with van der Waals surface area (Å²) in [6.07, 6.45) is 8.20. The number of benzene rings is 2. The minimum Gasteiger partial charge on any atom is -0.462 e. The maximum atomic E-state index is 12.1. The maximum Gasteiger partial charge on any atom is 0.519 e. The highest BCUT2D eigenvalue weighted by atomic mass is 16.7. The van der Waals surface area contributed by atoms with Crippen LogP contribution in [0.25, 0.3) is 0 Å². The third-order valence-electron chi connectivity index (χ3n) is 5.22. The van der Waals surface area contributed by atoms with Gasteiger partial charge in [-0.3, -0.25) is 0 Å². The van der Waals surface area contributed by atoms with Gasteiger partial charge in [-0.25, -0.2) is 14.4 Å². The number of ether oxygens (including phenoxy) is 4. The van der Waals surface area contributed by atoms with Crippen LogP contribution in [-0.2, 0) is 9.47 Å². The summed E-state index contributed by atoms with van der Waals surface area (Å²) in [5.41, 5.74) is 0.176. The SMILES string of the molecule is CCOC(=O)c1ccccc1OC(=O)Oc1ccccc1C(=O)OCC.OCCCCCCCCCCO. The van der Waals surface area contributed by atoms with Gasteiger partial charge in [0.15, 0.2) is 0 Å². The van der Waals surface area contributed by atoms with Crippen LogP contribution in [0.3, 0.4) is 0 Å². The Balaban J connectivity index is 0.000000508. The highest BCUT2D eigenvalue weighted by Crippen LogP contribution is 2.23. The highest BCUT2D eigenvalue weighted by Gasteiger charge is 2.20. The summed E-state index contributed by atoms with van der Waals surface area (Å²) in [4.78, 5) is 35.9. The van der Waals surface area contributed by atoms with Gasteiger partial charge in [-0.05, 0) is 51.0 Å². The predicted octanol–water partition coefficient (Wildman–Crippen LogP) is 5.71. The molecule has 210 valence electrons. The number of hydrogen-bond donors (Lipinski definition) is 2. The van der Waals surface area contributed by atoms with Crippen molar-refractivity contribution in [3.05, 3.63) is 59.7 Å². The molecule has 0 heterocycles. The van der Waals surface area contributed by atoms with Crippen LogP contribution < -0.4 is 9.47 Å². The van der Waals surface area contributed by atoms with E-state index >= 15 is 0 Å². The molecule has 38 heavy (non-hydrogen) atoms. The average Bonchev–Trinajstić information content (AvgIpc) is 2.91. The Hall–Kier alpha value is -3.43. The van der Waals surface area contributed by atoms with E-state index < -0.39 is 18.1 Å². The molecule has 0 bridgehead atoms. The second-order valence-corrected chi connectivity index (χ2v) is 8.16. The van der Waals surface area contributed by atoms with Gasteiger partial charge in [0.1, 0.15) is 22.6 Å². The first kappa shape index (κ1) is 32.6. The van der Waals surface area contributed by atoms with Crippen molar-refractivity contribution in [1.29, 1.82) is 0 Å². The zero-order chi connectivity index (χ0) is 28.0. The molecular formula is C29H40O9. The van der Waals surface area contributed by atoms with E-state index in [2.05, 4.69) is 0 Å². The number of rotatable bonds is 15. The number of para-hydroxylation sites is 2. The van der Waals surface area contributed by atoms with Crippen LogP contribution in [0.4, 0.5) is 4.79 Å². The molecule has 0 saturated heterocycles. The minimum absolute atomic E-state index is 0.00966. The number of carbonyl (C=O) groups excluding carboxylic acids is 3. The molecular weight excluding hydrogens is 492 g/mol. The van der Waals surface area contributed by atoms with Crippen molar-refractivity contribution in [3.8, 4) is 11.5 Å². The normalized spacial score (nSPS) is 10.1. The van der Waals surface area contributed by atoms with E-state index in [0.29, 0.717) is 13.2 Å². The molecule has 0 fully saturated rings. The van der Waals surface area contributed by atoms with Gasteiger partial charge >= 0.3 is 18.1 Å². The average molecular weight is 533 g/mol. The molecule has 0 atom stereocenters. The lowest BCUT2D eigenvalue weighted by atomic mass is 10.1. The van der Waals surface area contributed by atoms with Gasteiger partial charge in [0.05, 0.1) is 13.2 Å². The molecule has 0 unspecified atom stereocenters.